The van der Waals surface area contributed by atoms with E-state index in [1.54, 1.807) is 0 Å². The standard InChI is InChI=1S/C55H96O6/c1-4-7-10-13-16-19-22-24-26-27-29-30-33-36-39-42-45-48-54(57)60-51-52(50-59-53(56)47-44-41-38-35-32-21-18-15-12-9-6-3)61-55(58)49-46-43-40-37-34-31-28-25-23-20-17-14-11-8-5-2/h8,11,16-17,19-20,24-26,28,52H,4-7,9-10,12-15,18,21-23,27,29-51H2,1-3H3/b11-8-,19-16-,20-17-,26-24-,28-25-/t52-/m0/s1. The van der Waals surface area contributed by atoms with Crippen molar-refractivity contribution in [2.75, 3.05) is 13.2 Å². The molecule has 0 bridgehead atoms. The average Bonchev–Trinajstić information content (AvgIpc) is 3.26. The first-order valence-electron chi connectivity index (χ1n) is 25.8. The van der Waals surface area contributed by atoms with Gasteiger partial charge in [-0.3, -0.25) is 14.4 Å². The molecule has 0 fully saturated rings. The van der Waals surface area contributed by atoms with E-state index in [1.165, 1.54) is 103 Å². The van der Waals surface area contributed by atoms with Crippen LogP contribution < -0.4 is 0 Å². The molecule has 0 aromatic rings. The molecule has 0 saturated heterocycles. The van der Waals surface area contributed by atoms with Crippen molar-refractivity contribution in [3.63, 3.8) is 0 Å². The zero-order valence-corrected chi connectivity index (χ0v) is 40.2. The minimum absolute atomic E-state index is 0.0823. The van der Waals surface area contributed by atoms with Gasteiger partial charge in [0.2, 0.25) is 0 Å². The van der Waals surface area contributed by atoms with Crippen LogP contribution in [-0.4, -0.2) is 37.2 Å². The molecular weight excluding hydrogens is 757 g/mol. The monoisotopic (exact) mass is 853 g/mol. The molecule has 6 nitrogen and oxygen atoms in total. The Morgan fingerprint density at radius 2 is 0.639 bits per heavy atom. The number of ether oxygens (including phenoxy) is 3. The van der Waals surface area contributed by atoms with Crippen LogP contribution in [0.25, 0.3) is 0 Å². The maximum atomic E-state index is 12.8. The third-order valence-corrected chi connectivity index (χ3v) is 11.0. The van der Waals surface area contributed by atoms with E-state index in [9.17, 15) is 14.4 Å². The summed E-state index contributed by atoms with van der Waals surface area (Å²) < 4.78 is 16.8. The zero-order valence-electron chi connectivity index (χ0n) is 40.2. The first kappa shape index (κ1) is 58.1. The van der Waals surface area contributed by atoms with Gasteiger partial charge in [0.25, 0.3) is 0 Å². The molecule has 0 radical (unpaired) electrons. The molecule has 6 heteroatoms. The molecule has 0 aliphatic rings. The van der Waals surface area contributed by atoms with Crippen molar-refractivity contribution >= 4 is 17.9 Å². The molecule has 0 spiro atoms. The van der Waals surface area contributed by atoms with Crippen molar-refractivity contribution in [2.45, 2.75) is 258 Å². The molecule has 1 atom stereocenters. The molecule has 61 heavy (non-hydrogen) atoms. The van der Waals surface area contributed by atoms with Gasteiger partial charge in [-0.1, -0.05) is 210 Å². The first-order valence-corrected chi connectivity index (χ1v) is 25.8. The Balaban J connectivity index is 4.39. The maximum Gasteiger partial charge on any atom is 0.306 e. The van der Waals surface area contributed by atoms with Gasteiger partial charge >= 0.3 is 17.9 Å². The third-order valence-electron chi connectivity index (χ3n) is 11.0. The van der Waals surface area contributed by atoms with Crippen LogP contribution in [-0.2, 0) is 28.6 Å². The van der Waals surface area contributed by atoms with Gasteiger partial charge in [0.1, 0.15) is 13.2 Å². The molecule has 0 rings (SSSR count). The fraction of sp³-hybridized carbons (Fsp3) is 0.764. The summed E-state index contributed by atoms with van der Waals surface area (Å²) in [5.74, 6) is -0.904. The van der Waals surface area contributed by atoms with E-state index in [-0.39, 0.29) is 31.1 Å². The Kier molecular flexibility index (Phi) is 47.4. The van der Waals surface area contributed by atoms with Crippen LogP contribution in [0.2, 0.25) is 0 Å². The summed E-state index contributed by atoms with van der Waals surface area (Å²) in [6.45, 7) is 6.48. The summed E-state index contributed by atoms with van der Waals surface area (Å²) >= 11 is 0. The summed E-state index contributed by atoms with van der Waals surface area (Å²) in [6, 6.07) is 0. The van der Waals surface area contributed by atoms with E-state index in [4.69, 9.17) is 14.2 Å². The minimum Gasteiger partial charge on any atom is -0.462 e. The molecule has 0 aromatic heterocycles. The van der Waals surface area contributed by atoms with Crippen LogP contribution >= 0.6 is 0 Å². The van der Waals surface area contributed by atoms with Crippen molar-refractivity contribution < 1.29 is 28.6 Å². The zero-order chi connectivity index (χ0) is 44.4. The van der Waals surface area contributed by atoms with Crippen LogP contribution in [0.4, 0.5) is 0 Å². The lowest BCUT2D eigenvalue weighted by atomic mass is 10.1. The fourth-order valence-corrected chi connectivity index (χ4v) is 7.13. The number of allylic oxidation sites excluding steroid dienone is 10. The predicted octanol–water partition coefficient (Wildman–Crippen LogP) is 16.9. The van der Waals surface area contributed by atoms with Gasteiger partial charge in [0.15, 0.2) is 6.10 Å². The molecule has 352 valence electrons. The second-order valence-corrected chi connectivity index (χ2v) is 17.1. The molecule has 0 heterocycles. The number of carbonyl (C=O) groups excluding carboxylic acids is 3. The molecule has 0 N–H and O–H groups in total. The second-order valence-electron chi connectivity index (χ2n) is 17.1. The van der Waals surface area contributed by atoms with E-state index < -0.39 is 6.10 Å². The van der Waals surface area contributed by atoms with Gasteiger partial charge in [-0.05, 0) is 83.5 Å². The van der Waals surface area contributed by atoms with E-state index in [0.29, 0.717) is 19.3 Å². The summed E-state index contributed by atoms with van der Waals surface area (Å²) in [7, 11) is 0. The topological polar surface area (TPSA) is 78.9 Å². The number of hydrogen-bond donors (Lipinski definition) is 0. The lowest BCUT2D eigenvalue weighted by Crippen LogP contribution is -2.30. The Morgan fingerprint density at radius 1 is 0.344 bits per heavy atom. The number of unbranched alkanes of at least 4 members (excludes halogenated alkanes) is 25. The average molecular weight is 853 g/mol. The highest BCUT2D eigenvalue weighted by molar-refractivity contribution is 5.71. The number of hydrogen-bond acceptors (Lipinski definition) is 6. The van der Waals surface area contributed by atoms with Gasteiger partial charge < -0.3 is 14.2 Å². The highest BCUT2D eigenvalue weighted by Gasteiger charge is 2.19. The van der Waals surface area contributed by atoms with Gasteiger partial charge in [-0.2, -0.15) is 0 Å². The molecule has 0 amide bonds. The van der Waals surface area contributed by atoms with Crippen LogP contribution in [0, 0.1) is 0 Å². The van der Waals surface area contributed by atoms with Crippen molar-refractivity contribution in [3.8, 4) is 0 Å². The summed E-state index contributed by atoms with van der Waals surface area (Å²) in [4.78, 5) is 37.9. The van der Waals surface area contributed by atoms with Gasteiger partial charge in [-0.25, -0.2) is 0 Å². The predicted molar refractivity (Wildman–Crippen MR) is 261 cm³/mol. The maximum absolute atomic E-state index is 12.8. The molecule has 0 unspecified atom stereocenters. The number of esters is 3. The van der Waals surface area contributed by atoms with Gasteiger partial charge in [0, 0.05) is 19.3 Å². The quantitative estimate of drug-likeness (QED) is 0.0263. The minimum atomic E-state index is -0.783. The van der Waals surface area contributed by atoms with Crippen molar-refractivity contribution in [2.24, 2.45) is 0 Å². The Hall–Kier alpha value is -2.89. The lowest BCUT2D eigenvalue weighted by Gasteiger charge is -2.18. The molecular formula is C55H96O6. The SMILES string of the molecule is CC/C=C\C/C=C\C/C=C\CCCCCCCC(=O)O[C@H](COC(=O)CCCCCCCCC/C=C\C/C=C\CCCCC)COC(=O)CCCCCCCCCCCCC. The normalized spacial score (nSPS) is 12.5. The van der Waals surface area contributed by atoms with E-state index in [0.717, 1.165) is 109 Å². The smallest absolute Gasteiger partial charge is 0.306 e. The Labute approximate surface area is 377 Å². The second kappa shape index (κ2) is 49.8. The summed E-state index contributed by atoms with van der Waals surface area (Å²) in [5, 5.41) is 0. The summed E-state index contributed by atoms with van der Waals surface area (Å²) in [6.07, 6.45) is 60.5. The van der Waals surface area contributed by atoms with Crippen LogP contribution in [0.1, 0.15) is 252 Å². The van der Waals surface area contributed by atoms with Gasteiger partial charge in [0.05, 0.1) is 0 Å². The van der Waals surface area contributed by atoms with Crippen LogP contribution in [0.5, 0.6) is 0 Å². The van der Waals surface area contributed by atoms with Crippen molar-refractivity contribution in [1.82, 2.24) is 0 Å². The highest BCUT2D eigenvalue weighted by Crippen LogP contribution is 2.15. The molecule has 0 aromatic carbocycles. The number of rotatable bonds is 46. The molecule has 0 aliphatic heterocycles. The third kappa shape index (κ3) is 48.0. The Morgan fingerprint density at radius 3 is 1.03 bits per heavy atom. The highest BCUT2D eigenvalue weighted by atomic mass is 16.6. The fourth-order valence-electron chi connectivity index (χ4n) is 7.13. The van der Waals surface area contributed by atoms with E-state index in [1.807, 2.05) is 0 Å². The van der Waals surface area contributed by atoms with Crippen LogP contribution in [0.15, 0.2) is 60.8 Å². The van der Waals surface area contributed by atoms with E-state index >= 15 is 0 Å². The summed E-state index contributed by atoms with van der Waals surface area (Å²) in [5.41, 5.74) is 0. The van der Waals surface area contributed by atoms with Crippen molar-refractivity contribution in [1.29, 1.82) is 0 Å². The van der Waals surface area contributed by atoms with Gasteiger partial charge in [-0.15, -0.1) is 0 Å². The van der Waals surface area contributed by atoms with E-state index in [2.05, 4.69) is 81.5 Å². The number of carbonyl (C=O) groups is 3. The largest absolute Gasteiger partial charge is 0.462 e. The van der Waals surface area contributed by atoms with Crippen molar-refractivity contribution in [3.05, 3.63) is 60.8 Å². The first-order chi connectivity index (χ1) is 30.0. The molecule has 0 saturated carbocycles. The molecule has 0 aliphatic carbocycles. The van der Waals surface area contributed by atoms with Crippen LogP contribution in [0.3, 0.4) is 0 Å². The lowest BCUT2D eigenvalue weighted by molar-refractivity contribution is -0.167. The Bertz CT molecular complexity index is 1120.